The summed E-state index contributed by atoms with van der Waals surface area (Å²) < 4.78 is 7.08. The number of nitrogens with two attached hydrogens (primary N) is 1. The van der Waals surface area contributed by atoms with Crippen LogP contribution in [0.4, 0.5) is 5.95 Å². The van der Waals surface area contributed by atoms with E-state index >= 15 is 0 Å². The van der Waals surface area contributed by atoms with Crippen LogP contribution < -0.4 is 16.0 Å². The van der Waals surface area contributed by atoms with Gasteiger partial charge in [-0.1, -0.05) is 20.8 Å². The summed E-state index contributed by atoms with van der Waals surface area (Å²) in [5, 5.41) is 4.06. The second kappa shape index (κ2) is 5.83. The van der Waals surface area contributed by atoms with E-state index in [1.54, 1.807) is 18.5 Å². The zero-order chi connectivity index (χ0) is 14.6. The molecule has 0 saturated heterocycles. The lowest BCUT2D eigenvalue weighted by Crippen LogP contribution is -2.16. The van der Waals surface area contributed by atoms with Gasteiger partial charge in [-0.05, 0) is 17.9 Å². The Hall–Kier alpha value is -2.22. The van der Waals surface area contributed by atoms with Gasteiger partial charge >= 0.3 is 6.01 Å². The van der Waals surface area contributed by atoms with Gasteiger partial charge in [-0.25, -0.2) is 10.5 Å². The summed E-state index contributed by atoms with van der Waals surface area (Å²) in [6, 6.07) is 2.00. The molecule has 0 spiro atoms. The molecule has 3 N–H and O–H groups in total. The Labute approximate surface area is 117 Å². The van der Waals surface area contributed by atoms with Gasteiger partial charge < -0.3 is 4.74 Å². The fourth-order valence-corrected chi connectivity index (χ4v) is 1.41. The highest BCUT2D eigenvalue weighted by molar-refractivity contribution is 5.28. The highest BCUT2D eigenvalue weighted by atomic mass is 16.5. The van der Waals surface area contributed by atoms with Crippen LogP contribution in [-0.4, -0.2) is 31.3 Å². The Morgan fingerprint density at radius 2 is 2.10 bits per heavy atom. The number of anilines is 1. The minimum Gasteiger partial charge on any atom is -0.463 e. The van der Waals surface area contributed by atoms with Gasteiger partial charge in [-0.15, -0.1) is 0 Å². The fraction of sp³-hybridized carbons (Fsp3) is 0.500. The zero-order valence-electron chi connectivity index (χ0n) is 11.9. The number of hydrogen-bond acceptors (Lipinski definition) is 7. The van der Waals surface area contributed by atoms with Crippen molar-refractivity contribution in [3.05, 3.63) is 18.5 Å². The topological polar surface area (TPSA) is 104 Å². The van der Waals surface area contributed by atoms with Crippen LogP contribution in [0.3, 0.4) is 0 Å². The highest BCUT2D eigenvalue weighted by Gasteiger charge is 2.12. The Bertz CT molecular complexity index is 547. The molecule has 0 radical (unpaired) electrons. The highest BCUT2D eigenvalue weighted by Crippen LogP contribution is 2.19. The van der Waals surface area contributed by atoms with Crippen molar-refractivity contribution in [2.24, 2.45) is 11.3 Å². The molecule has 0 amide bonds. The van der Waals surface area contributed by atoms with E-state index in [2.05, 4.69) is 46.2 Å². The van der Waals surface area contributed by atoms with E-state index in [4.69, 9.17) is 10.6 Å². The summed E-state index contributed by atoms with van der Waals surface area (Å²) in [6.45, 7) is 6.96. The van der Waals surface area contributed by atoms with Gasteiger partial charge in [0.25, 0.3) is 5.95 Å². The Balaban J connectivity index is 2.14. The second-order valence-corrected chi connectivity index (χ2v) is 5.50. The first kappa shape index (κ1) is 14.2. The van der Waals surface area contributed by atoms with Crippen LogP contribution in [0.15, 0.2) is 18.5 Å². The molecule has 0 saturated carbocycles. The molecule has 0 fully saturated rings. The Morgan fingerprint density at radius 3 is 2.70 bits per heavy atom. The molecular formula is C12H19N7O. The van der Waals surface area contributed by atoms with Crippen LogP contribution in [0.2, 0.25) is 0 Å². The van der Waals surface area contributed by atoms with Crippen LogP contribution in [0.1, 0.15) is 27.2 Å². The van der Waals surface area contributed by atoms with E-state index in [-0.39, 0.29) is 17.4 Å². The van der Waals surface area contributed by atoms with E-state index in [0.29, 0.717) is 12.6 Å². The third-order valence-corrected chi connectivity index (χ3v) is 2.52. The minimum absolute atomic E-state index is 0.187. The van der Waals surface area contributed by atoms with Crippen molar-refractivity contribution in [3.63, 3.8) is 0 Å². The number of nitrogen functional groups attached to an aromatic ring is 1. The zero-order valence-corrected chi connectivity index (χ0v) is 11.9. The summed E-state index contributed by atoms with van der Waals surface area (Å²) in [7, 11) is 0. The molecule has 108 valence electrons. The molecule has 20 heavy (non-hydrogen) atoms. The average molecular weight is 277 g/mol. The van der Waals surface area contributed by atoms with Gasteiger partial charge in [-0.2, -0.15) is 20.1 Å². The maximum atomic E-state index is 5.56. The molecule has 0 bridgehead atoms. The first-order chi connectivity index (χ1) is 9.48. The molecule has 0 aliphatic carbocycles. The molecule has 8 nitrogen and oxygen atoms in total. The third kappa shape index (κ3) is 3.89. The largest absolute Gasteiger partial charge is 0.463 e. The van der Waals surface area contributed by atoms with Crippen LogP contribution in [-0.2, 0) is 0 Å². The van der Waals surface area contributed by atoms with E-state index in [1.165, 1.54) is 4.68 Å². The predicted octanol–water partition coefficient (Wildman–Crippen LogP) is 1.16. The second-order valence-electron chi connectivity index (χ2n) is 5.50. The number of ether oxygens (including phenoxy) is 1. The monoisotopic (exact) mass is 277 g/mol. The summed E-state index contributed by atoms with van der Waals surface area (Å²) in [5.74, 6) is 5.93. The smallest absolute Gasteiger partial charge is 0.323 e. The third-order valence-electron chi connectivity index (χ3n) is 2.52. The SMILES string of the molecule is CC(C)(C)CCOc1nc(NN)nc(-n2cccn2)n1. The Kier molecular flexibility index (Phi) is 4.14. The van der Waals surface area contributed by atoms with Crippen molar-refractivity contribution in [3.8, 4) is 12.0 Å². The molecule has 0 aliphatic heterocycles. The van der Waals surface area contributed by atoms with Crippen molar-refractivity contribution in [1.82, 2.24) is 24.7 Å². The lowest BCUT2D eigenvalue weighted by atomic mass is 9.93. The van der Waals surface area contributed by atoms with Gasteiger partial charge in [0.2, 0.25) is 5.95 Å². The molecule has 2 aromatic heterocycles. The van der Waals surface area contributed by atoms with Crippen LogP contribution in [0.25, 0.3) is 5.95 Å². The van der Waals surface area contributed by atoms with E-state index in [1.807, 2.05) is 0 Å². The van der Waals surface area contributed by atoms with E-state index in [9.17, 15) is 0 Å². The van der Waals surface area contributed by atoms with Crippen LogP contribution in [0, 0.1) is 5.41 Å². The quantitative estimate of drug-likeness (QED) is 0.624. The van der Waals surface area contributed by atoms with Crippen LogP contribution >= 0.6 is 0 Å². The van der Waals surface area contributed by atoms with Crippen LogP contribution in [0.5, 0.6) is 6.01 Å². The molecular weight excluding hydrogens is 258 g/mol. The summed E-state index contributed by atoms with van der Waals surface area (Å²) >= 11 is 0. The number of hydrazine groups is 1. The Morgan fingerprint density at radius 1 is 1.30 bits per heavy atom. The van der Waals surface area contributed by atoms with Crippen molar-refractivity contribution in [1.29, 1.82) is 0 Å². The van der Waals surface area contributed by atoms with Gasteiger partial charge in [0, 0.05) is 12.4 Å². The molecule has 0 aromatic carbocycles. The van der Waals surface area contributed by atoms with Crippen molar-refractivity contribution < 1.29 is 4.74 Å². The molecule has 2 rings (SSSR count). The molecule has 2 heterocycles. The number of nitrogens with zero attached hydrogens (tertiary/aromatic N) is 5. The van der Waals surface area contributed by atoms with Gasteiger partial charge in [-0.3, -0.25) is 5.43 Å². The molecule has 0 atom stereocenters. The van der Waals surface area contributed by atoms with Crippen molar-refractivity contribution in [2.45, 2.75) is 27.2 Å². The van der Waals surface area contributed by atoms with Gasteiger partial charge in [0.1, 0.15) is 0 Å². The van der Waals surface area contributed by atoms with E-state index in [0.717, 1.165) is 6.42 Å². The number of hydrogen-bond donors (Lipinski definition) is 2. The first-order valence-corrected chi connectivity index (χ1v) is 6.33. The maximum absolute atomic E-state index is 5.56. The summed E-state index contributed by atoms with van der Waals surface area (Å²) in [4.78, 5) is 12.4. The number of nitrogens with one attached hydrogen (secondary N) is 1. The molecule has 2 aromatic rings. The summed E-state index contributed by atoms with van der Waals surface area (Å²) in [5.41, 5.74) is 2.58. The molecule has 8 heteroatoms. The lowest BCUT2D eigenvalue weighted by molar-refractivity contribution is 0.228. The molecule has 0 aliphatic rings. The standard InChI is InChI=1S/C12H19N7O/c1-12(2,3)5-8-20-11-16-9(18-13)15-10(17-11)19-7-4-6-14-19/h4,6-7H,5,8,13H2,1-3H3,(H,15,16,17,18). The number of rotatable bonds is 5. The summed E-state index contributed by atoms with van der Waals surface area (Å²) in [6.07, 6.45) is 4.26. The van der Waals surface area contributed by atoms with Gasteiger partial charge in [0.15, 0.2) is 0 Å². The lowest BCUT2D eigenvalue weighted by Gasteiger charge is -2.17. The van der Waals surface area contributed by atoms with Gasteiger partial charge in [0.05, 0.1) is 6.61 Å². The van der Waals surface area contributed by atoms with E-state index < -0.39 is 0 Å². The first-order valence-electron chi connectivity index (χ1n) is 6.33. The predicted molar refractivity (Wildman–Crippen MR) is 74.3 cm³/mol. The van der Waals surface area contributed by atoms with Crippen molar-refractivity contribution in [2.75, 3.05) is 12.0 Å². The molecule has 0 unspecified atom stereocenters. The van der Waals surface area contributed by atoms with Crippen molar-refractivity contribution >= 4 is 5.95 Å². The normalized spacial score (nSPS) is 11.4. The fourth-order valence-electron chi connectivity index (χ4n) is 1.41. The number of aromatic nitrogens is 5. The average Bonchev–Trinajstić information content (AvgIpc) is 2.90. The minimum atomic E-state index is 0.187. The maximum Gasteiger partial charge on any atom is 0.323 e.